The Morgan fingerprint density at radius 3 is 2.24 bits per heavy atom. The van der Waals surface area contributed by atoms with Crippen molar-refractivity contribution in [1.29, 1.82) is 0 Å². The fourth-order valence-corrected chi connectivity index (χ4v) is 2.17. The highest BCUT2D eigenvalue weighted by atomic mass is 16.5. The number of rotatable bonds is 5. The third-order valence-electron chi connectivity index (χ3n) is 3.39. The second-order valence-corrected chi connectivity index (χ2v) is 4.78. The summed E-state index contributed by atoms with van der Waals surface area (Å²) in [5, 5.41) is 0. The first-order valence-electron chi connectivity index (χ1n) is 6.31. The molecule has 2 heteroatoms. The van der Waals surface area contributed by atoms with E-state index < -0.39 is 0 Å². The van der Waals surface area contributed by atoms with Gasteiger partial charge in [0.15, 0.2) is 0 Å². The van der Waals surface area contributed by atoms with Crippen molar-refractivity contribution in [3.63, 3.8) is 0 Å². The van der Waals surface area contributed by atoms with E-state index >= 15 is 0 Å². The third kappa shape index (κ3) is 3.58. The van der Waals surface area contributed by atoms with E-state index in [9.17, 15) is 4.79 Å². The van der Waals surface area contributed by atoms with Crippen molar-refractivity contribution in [3.05, 3.63) is 29.8 Å². The summed E-state index contributed by atoms with van der Waals surface area (Å²) in [4.78, 5) is 10.8. The Balaban J connectivity index is 2.88. The quantitative estimate of drug-likeness (QED) is 0.567. The normalized spacial score (nSPS) is 14.1. The van der Waals surface area contributed by atoms with Crippen LogP contribution in [0.2, 0.25) is 0 Å². The second-order valence-electron chi connectivity index (χ2n) is 4.78. The monoisotopic (exact) mass is 234 g/mol. The molecule has 0 bridgehead atoms. The maximum Gasteiger partial charge on any atom is 0.308 e. The predicted molar refractivity (Wildman–Crippen MR) is 70.3 cm³/mol. The lowest BCUT2D eigenvalue weighted by atomic mass is 9.76. The van der Waals surface area contributed by atoms with Crippen LogP contribution in [0.5, 0.6) is 5.75 Å². The van der Waals surface area contributed by atoms with Gasteiger partial charge in [-0.1, -0.05) is 39.3 Å². The number of carbonyl (C=O) groups is 1. The van der Waals surface area contributed by atoms with Crippen LogP contribution in [0.4, 0.5) is 0 Å². The van der Waals surface area contributed by atoms with E-state index in [2.05, 4.69) is 32.9 Å². The summed E-state index contributed by atoms with van der Waals surface area (Å²) < 4.78 is 5.04. The van der Waals surface area contributed by atoms with Crippen molar-refractivity contribution in [2.45, 2.75) is 52.4 Å². The molecule has 0 aromatic heterocycles. The lowest BCUT2D eigenvalue weighted by Crippen LogP contribution is -2.20. The maximum atomic E-state index is 10.8. The summed E-state index contributed by atoms with van der Waals surface area (Å²) >= 11 is 0. The third-order valence-corrected chi connectivity index (χ3v) is 3.39. The van der Waals surface area contributed by atoms with Gasteiger partial charge in [0.1, 0.15) is 5.75 Å². The zero-order valence-corrected chi connectivity index (χ0v) is 11.2. The van der Waals surface area contributed by atoms with Gasteiger partial charge in [0, 0.05) is 6.92 Å². The maximum absolute atomic E-state index is 10.8. The van der Waals surface area contributed by atoms with Crippen LogP contribution >= 0.6 is 0 Å². The molecule has 0 aliphatic rings. The first kappa shape index (κ1) is 13.8. The van der Waals surface area contributed by atoms with Gasteiger partial charge in [-0.25, -0.2) is 0 Å². The Kier molecular flexibility index (Phi) is 4.73. The molecule has 1 rings (SSSR count). The van der Waals surface area contributed by atoms with Crippen molar-refractivity contribution in [2.75, 3.05) is 0 Å². The molecule has 0 saturated carbocycles. The zero-order valence-electron chi connectivity index (χ0n) is 11.2. The minimum Gasteiger partial charge on any atom is -0.427 e. The van der Waals surface area contributed by atoms with Gasteiger partial charge in [0.2, 0.25) is 0 Å². The fraction of sp³-hybridized carbons (Fsp3) is 0.533. The van der Waals surface area contributed by atoms with E-state index in [1.807, 2.05) is 12.1 Å². The van der Waals surface area contributed by atoms with E-state index in [1.165, 1.54) is 25.3 Å². The van der Waals surface area contributed by atoms with Crippen LogP contribution in [0, 0.1) is 0 Å². The predicted octanol–water partition coefficient (Wildman–Crippen LogP) is 4.08. The van der Waals surface area contributed by atoms with E-state index in [1.54, 1.807) is 0 Å². The Labute approximate surface area is 104 Å². The minimum atomic E-state index is -0.274. The average Bonchev–Trinajstić information content (AvgIpc) is 2.29. The highest BCUT2D eigenvalue weighted by molar-refractivity contribution is 5.69. The first-order valence-corrected chi connectivity index (χ1v) is 6.31. The van der Waals surface area contributed by atoms with Crippen molar-refractivity contribution in [1.82, 2.24) is 0 Å². The van der Waals surface area contributed by atoms with Crippen molar-refractivity contribution in [2.24, 2.45) is 0 Å². The molecule has 2 nitrogen and oxygen atoms in total. The van der Waals surface area contributed by atoms with Crippen molar-refractivity contribution < 1.29 is 9.53 Å². The first-order chi connectivity index (χ1) is 8.01. The fourth-order valence-electron chi connectivity index (χ4n) is 2.17. The highest BCUT2D eigenvalue weighted by Gasteiger charge is 2.23. The number of esters is 1. The lowest BCUT2D eigenvalue weighted by molar-refractivity contribution is -0.131. The van der Waals surface area contributed by atoms with Crippen LogP contribution in [-0.2, 0) is 10.2 Å². The molecule has 1 aromatic rings. The van der Waals surface area contributed by atoms with Gasteiger partial charge in [-0.05, 0) is 36.0 Å². The molecular formula is C15H22O2. The summed E-state index contributed by atoms with van der Waals surface area (Å²) in [7, 11) is 0. The molecule has 0 N–H and O–H groups in total. The molecule has 0 radical (unpaired) electrons. The van der Waals surface area contributed by atoms with Crippen LogP contribution in [0.15, 0.2) is 24.3 Å². The van der Waals surface area contributed by atoms with E-state index in [0.717, 1.165) is 6.42 Å². The number of benzene rings is 1. The number of ether oxygens (including phenoxy) is 1. The smallest absolute Gasteiger partial charge is 0.308 e. The van der Waals surface area contributed by atoms with Crippen LogP contribution in [-0.4, -0.2) is 5.97 Å². The Morgan fingerprint density at radius 2 is 1.82 bits per heavy atom. The van der Waals surface area contributed by atoms with Crippen molar-refractivity contribution >= 4 is 5.97 Å². The summed E-state index contributed by atoms with van der Waals surface area (Å²) in [5.41, 5.74) is 1.54. The molecule has 1 atom stereocenters. The summed E-state index contributed by atoms with van der Waals surface area (Å²) in [6.07, 6.45) is 3.47. The summed E-state index contributed by atoms with van der Waals surface area (Å²) in [6, 6.07) is 7.88. The molecule has 0 aliphatic heterocycles. The molecular weight excluding hydrogens is 212 g/mol. The molecule has 0 heterocycles. The number of carbonyl (C=O) groups excluding carboxylic acids is 1. The Hall–Kier alpha value is -1.31. The second kappa shape index (κ2) is 5.85. The average molecular weight is 234 g/mol. The van der Waals surface area contributed by atoms with Crippen LogP contribution in [0.1, 0.15) is 52.5 Å². The van der Waals surface area contributed by atoms with Gasteiger partial charge in [0.05, 0.1) is 0 Å². The number of hydrogen-bond acceptors (Lipinski definition) is 2. The van der Waals surface area contributed by atoms with E-state index in [-0.39, 0.29) is 11.4 Å². The zero-order chi connectivity index (χ0) is 12.9. The molecule has 0 amide bonds. The number of hydrogen-bond donors (Lipinski definition) is 0. The van der Waals surface area contributed by atoms with Gasteiger partial charge >= 0.3 is 5.97 Å². The SMILES string of the molecule is CCCC(C)(CC)c1ccc(OC(C)=O)cc1. The van der Waals surface area contributed by atoms with Gasteiger partial charge in [-0.15, -0.1) is 0 Å². The molecule has 0 spiro atoms. The Morgan fingerprint density at radius 1 is 1.24 bits per heavy atom. The standard InChI is InChI=1S/C15H22O2/c1-5-11-15(4,6-2)13-7-9-14(10-8-13)17-12(3)16/h7-10H,5-6,11H2,1-4H3. The molecule has 0 saturated heterocycles. The molecule has 94 valence electrons. The van der Waals surface area contributed by atoms with Gasteiger partial charge in [0.25, 0.3) is 0 Å². The topological polar surface area (TPSA) is 26.3 Å². The minimum absolute atomic E-state index is 0.226. The van der Waals surface area contributed by atoms with Crippen LogP contribution < -0.4 is 4.74 Å². The molecule has 1 aromatic carbocycles. The largest absolute Gasteiger partial charge is 0.427 e. The Bertz CT molecular complexity index is 367. The molecule has 0 aliphatic carbocycles. The van der Waals surface area contributed by atoms with Crippen LogP contribution in [0.25, 0.3) is 0 Å². The van der Waals surface area contributed by atoms with E-state index in [4.69, 9.17) is 4.74 Å². The lowest BCUT2D eigenvalue weighted by Gasteiger charge is -2.28. The summed E-state index contributed by atoms with van der Waals surface area (Å²) in [5.74, 6) is 0.348. The molecule has 17 heavy (non-hydrogen) atoms. The van der Waals surface area contributed by atoms with Gasteiger partial charge < -0.3 is 4.74 Å². The van der Waals surface area contributed by atoms with Gasteiger partial charge in [-0.3, -0.25) is 4.79 Å². The molecule has 1 unspecified atom stereocenters. The van der Waals surface area contributed by atoms with E-state index in [0.29, 0.717) is 5.75 Å². The van der Waals surface area contributed by atoms with Crippen molar-refractivity contribution in [3.8, 4) is 5.75 Å². The molecule has 0 fully saturated rings. The van der Waals surface area contributed by atoms with Crippen LogP contribution in [0.3, 0.4) is 0 Å². The summed E-state index contributed by atoms with van der Waals surface area (Å²) in [6.45, 7) is 8.13. The highest BCUT2D eigenvalue weighted by Crippen LogP contribution is 2.33. The van der Waals surface area contributed by atoms with Gasteiger partial charge in [-0.2, -0.15) is 0 Å².